The summed E-state index contributed by atoms with van der Waals surface area (Å²) < 4.78 is 1.75. The number of fused-ring (bicyclic) bond motifs is 1. The standard InChI is InChI=1S/C20H18N6OS/c27-20(14-28-17-4-9-22-10-5-17)23-11-3-16-13-19-24-18(6-12-26(19)25-16)15-1-7-21-8-2-15/h1-2,4-10,12-13H,3,11,14H2,(H,23,27). The molecule has 4 aromatic heterocycles. The average Bonchev–Trinajstić information content (AvgIpc) is 3.15. The summed E-state index contributed by atoms with van der Waals surface area (Å²) in [5.74, 6) is 0.384. The fourth-order valence-corrected chi connectivity index (χ4v) is 3.41. The minimum Gasteiger partial charge on any atom is -0.355 e. The molecule has 0 saturated carbocycles. The van der Waals surface area contributed by atoms with Crippen LogP contribution in [0.15, 0.2) is 72.3 Å². The van der Waals surface area contributed by atoms with E-state index in [0.717, 1.165) is 27.5 Å². The van der Waals surface area contributed by atoms with E-state index in [-0.39, 0.29) is 5.91 Å². The molecule has 0 aliphatic carbocycles. The van der Waals surface area contributed by atoms with Crippen molar-refractivity contribution in [3.05, 3.63) is 73.1 Å². The van der Waals surface area contributed by atoms with Gasteiger partial charge in [0, 0.05) is 60.5 Å². The zero-order valence-electron chi connectivity index (χ0n) is 15.0. The third-order valence-electron chi connectivity index (χ3n) is 4.07. The van der Waals surface area contributed by atoms with Crippen LogP contribution in [0.4, 0.5) is 0 Å². The summed E-state index contributed by atoms with van der Waals surface area (Å²) in [6.07, 6.45) is 9.48. The summed E-state index contributed by atoms with van der Waals surface area (Å²) in [5.41, 5.74) is 3.56. The highest BCUT2D eigenvalue weighted by Gasteiger charge is 2.07. The van der Waals surface area contributed by atoms with Crippen LogP contribution in [0.5, 0.6) is 0 Å². The van der Waals surface area contributed by atoms with Gasteiger partial charge in [-0.25, -0.2) is 9.50 Å². The molecule has 0 saturated heterocycles. The second-order valence-corrected chi connectivity index (χ2v) is 7.11. The number of amides is 1. The largest absolute Gasteiger partial charge is 0.355 e. The molecule has 0 aliphatic rings. The minimum atomic E-state index is 0.00340. The normalized spacial score (nSPS) is 10.9. The predicted molar refractivity (Wildman–Crippen MR) is 108 cm³/mol. The number of aromatic nitrogens is 5. The van der Waals surface area contributed by atoms with Gasteiger partial charge in [0.2, 0.25) is 5.91 Å². The summed E-state index contributed by atoms with van der Waals surface area (Å²) in [7, 11) is 0. The molecule has 140 valence electrons. The third kappa shape index (κ3) is 4.52. The summed E-state index contributed by atoms with van der Waals surface area (Å²) >= 11 is 1.49. The molecule has 7 nitrogen and oxygen atoms in total. The fourth-order valence-electron chi connectivity index (χ4n) is 2.70. The zero-order valence-corrected chi connectivity index (χ0v) is 15.8. The van der Waals surface area contributed by atoms with E-state index in [1.54, 1.807) is 29.3 Å². The fraction of sp³-hybridized carbons (Fsp3) is 0.150. The molecule has 0 unspecified atom stereocenters. The quantitative estimate of drug-likeness (QED) is 0.488. The molecular formula is C20H18N6OS. The van der Waals surface area contributed by atoms with Crippen molar-refractivity contribution in [1.82, 2.24) is 29.9 Å². The molecule has 0 radical (unpaired) electrons. The number of nitrogens with one attached hydrogen (secondary N) is 1. The van der Waals surface area contributed by atoms with Gasteiger partial charge in [-0.3, -0.25) is 14.8 Å². The molecule has 0 aliphatic heterocycles. The minimum absolute atomic E-state index is 0.00340. The van der Waals surface area contributed by atoms with Crippen molar-refractivity contribution in [3.63, 3.8) is 0 Å². The molecule has 28 heavy (non-hydrogen) atoms. The van der Waals surface area contributed by atoms with E-state index in [0.29, 0.717) is 18.7 Å². The molecule has 4 rings (SSSR count). The van der Waals surface area contributed by atoms with Gasteiger partial charge in [-0.1, -0.05) is 0 Å². The molecule has 4 aromatic rings. The van der Waals surface area contributed by atoms with Crippen molar-refractivity contribution in [1.29, 1.82) is 0 Å². The Kier molecular flexibility index (Phi) is 5.58. The third-order valence-corrected chi connectivity index (χ3v) is 5.09. The van der Waals surface area contributed by atoms with Crippen LogP contribution < -0.4 is 5.32 Å². The SMILES string of the molecule is O=C(CSc1ccncc1)NCCc1cc2nc(-c3ccncc3)ccn2n1. The second-order valence-electron chi connectivity index (χ2n) is 6.06. The van der Waals surface area contributed by atoms with E-state index in [9.17, 15) is 4.79 Å². The maximum atomic E-state index is 12.0. The topological polar surface area (TPSA) is 85.1 Å². The molecule has 1 amide bonds. The molecule has 0 fully saturated rings. The van der Waals surface area contributed by atoms with Crippen LogP contribution in [0.1, 0.15) is 5.69 Å². The number of hydrogen-bond donors (Lipinski definition) is 1. The predicted octanol–water partition coefficient (Wildman–Crippen LogP) is 2.64. The Hall–Kier alpha value is -3.26. The van der Waals surface area contributed by atoms with Crippen LogP contribution >= 0.6 is 11.8 Å². The van der Waals surface area contributed by atoms with Crippen LogP contribution in [0, 0.1) is 0 Å². The molecule has 1 N–H and O–H groups in total. The summed E-state index contributed by atoms with van der Waals surface area (Å²) in [6, 6.07) is 11.5. The van der Waals surface area contributed by atoms with Crippen LogP contribution in [-0.4, -0.2) is 42.8 Å². The highest BCUT2D eigenvalue weighted by Crippen LogP contribution is 2.17. The van der Waals surface area contributed by atoms with Crippen molar-refractivity contribution in [3.8, 4) is 11.3 Å². The molecular weight excluding hydrogens is 372 g/mol. The van der Waals surface area contributed by atoms with E-state index >= 15 is 0 Å². The Morgan fingerprint density at radius 3 is 2.57 bits per heavy atom. The van der Waals surface area contributed by atoms with E-state index in [2.05, 4.69) is 25.4 Å². The Morgan fingerprint density at radius 1 is 1.04 bits per heavy atom. The summed E-state index contributed by atoms with van der Waals surface area (Å²) in [4.78, 5) is 25.7. The van der Waals surface area contributed by atoms with Gasteiger partial charge in [0.05, 0.1) is 17.1 Å². The van der Waals surface area contributed by atoms with Crippen LogP contribution in [0.2, 0.25) is 0 Å². The van der Waals surface area contributed by atoms with Crippen molar-refractivity contribution in [2.24, 2.45) is 0 Å². The highest BCUT2D eigenvalue weighted by atomic mass is 32.2. The van der Waals surface area contributed by atoms with Crippen LogP contribution in [0.3, 0.4) is 0 Å². The van der Waals surface area contributed by atoms with E-state index in [4.69, 9.17) is 0 Å². The Morgan fingerprint density at radius 2 is 1.79 bits per heavy atom. The van der Waals surface area contributed by atoms with Crippen LogP contribution in [0.25, 0.3) is 16.9 Å². The lowest BCUT2D eigenvalue weighted by Crippen LogP contribution is -2.27. The lowest BCUT2D eigenvalue weighted by Gasteiger charge is -2.03. The van der Waals surface area contributed by atoms with Crippen LogP contribution in [-0.2, 0) is 11.2 Å². The maximum absolute atomic E-state index is 12.0. The Balaban J connectivity index is 1.32. The van der Waals surface area contributed by atoms with Gasteiger partial charge in [0.25, 0.3) is 0 Å². The monoisotopic (exact) mass is 390 g/mol. The summed E-state index contributed by atoms with van der Waals surface area (Å²) in [5, 5.41) is 7.45. The first kappa shape index (κ1) is 18.1. The number of pyridine rings is 2. The first-order chi connectivity index (χ1) is 13.8. The number of thioether (sulfide) groups is 1. The lowest BCUT2D eigenvalue weighted by molar-refractivity contribution is -0.118. The number of carbonyl (C=O) groups excluding carboxylic acids is 1. The first-order valence-corrected chi connectivity index (χ1v) is 9.82. The Labute approximate surface area is 166 Å². The van der Waals surface area contributed by atoms with E-state index in [1.165, 1.54) is 11.8 Å². The van der Waals surface area contributed by atoms with E-state index in [1.807, 2.05) is 42.6 Å². The molecule has 4 heterocycles. The van der Waals surface area contributed by atoms with Gasteiger partial charge in [-0.2, -0.15) is 5.10 Å². The van der Waals surface area contributed by atoms with Gasteiger partial charge < -0.3 is 5.32 Å². The van der Waals surface area contributed by atoms with Crippen molar-refractivity contribution in [2.45, 2.75) is 11.3 Å². The van der Waals surface area contributed by atoms with Gasteiger partial charge in [0.15, 0.2) is 5.65 Å². The number of carbonyl (C=O) groups is 1. The molecule has 0 spiro atoms. The number of rotatable bonds is 7. The Bertz CT molecular complexity index is 1070. The van der Waals surface area contributed by atoms with Crippen molar-refractivity contribution < 1.29 is 4.79 Å². The van der Waals surface area contributed by atoms with Gasteiger partial charge in [0.1, 0.15) is 0 Å². The molecule has 0 aromatic carbocycles. The first-order valence-electron chi connectivity index (χ1n) is 8.83. The molecule has 0 atom stereocenters. The average molecular weight is 390 g/mol. The molecule has 8 heteroatoms. The second kappa shape index (κ2) is 8.62. The highest BCUT2D eigenvalue weighted by molar-refractivity contribution is 8.00. The van der Waals surface area contributed by atoms with Crippen molar-refractivity contribution in [2.75, 3.05) is 12.3 Å². The van der Waals surface area contributed by atoms with Gasteiger partial charge in [-0.05, 0) is 30.3 Å². The smallest absolute Gasteiger partial charge is 0.230 e. The van der Waals surface area contributed by atoms with Gasteiger partial charge >= 0.3 is 0 Å². The molecule has 0 bridgehead atoms. The summed E-state index contributed by atoms with van der Waals surface area (Å²) in [6.45, 7) is 0.539. The maximum Gasteiger partial charge on any atom is 0.230 e. The number of nitrogens with zero attached hydrogens (tertiary/aromatic N) is 5. The lowest BCUT2D eigenvalue weighted by atomic mass is 10.2. The number of hydrogen-bond acceptors (Lipinski definition) is 6. The van der Waals surface area contributed by atoms with Crippen molar-refractivity contribution >= 4 is 23.3 Å². The van der Waals surface area contributed by atoms with Gasteiger partial charge in [-0.15, -0.1) is 11.8 Å². The van der Waals surface area contributed by atoms with E-state index < -0.39 is 0 Å². The zero-order chi connectivity index (χ0) is 19.2.